The first-order valence-corrected chi connectivity index (χ1v) is 7.12. The Bertz CT molecular complexity index is 410. The summed E-state index contributed by atoms with van der Waals surface area (Å²) in [6, 6.07) is 6.90. The number of fused-ring (bicyclic) bond motifs is 1. The third kappa shape index (κ3) is 2.76. The molecule has 1 aliphatic carbocycles. The summed E-state index contributed by atoms with van der Waals surface area (Å²) in [5.41, 5.74) is 16.5. The first-order chi connectivity index (χ1) is 8.54. The fourth-order valence-electron chi connectivity index (χ4n) is 2.93. The summed E-state index contributed by atoms with van der Waals surface area (Å²) >= 11 is 0. The highest BCUT2D eigenvalue weighted by atomic mass is 14.7. The lowest BCUT2D eigenvalue weighted by Crippen LogP contribution is -2.31. The molecule has 0 amide bonds. The summed E-state index contributed by atoms with van der Waals surface area (Å²) in [7, 11) is 0. The number of benzene rings is 1. The van der Waals surface area contributed by atoms with Crippen molar-refractivity contribution in [2.24, 2.45) is 16.9 Å². The van der Waals surface area contributed by atoms with Crippen molar-refractivity contribution < 1.29 is 0 Å². The summed E-state index contributed by atoms with van der Waals surface area (Å²) in [6.07, 6.45) is 6.06. The van der Waals surface area contributed by atoms with E-state index in [0.29, 0.717) is 6.54 Å². The van der Waals surface area contributed by atoms with Crippen molar-refractivity contribution in [2.75, 3.05) is 6.54 Å². The number of aryl methyl sites for hydroxylation is 2. The Morgan fingerprint density at radius 2 is 1.83 bits per heavy atom. The zero-order valence-corrected chi connectivity index (χ0v) is 11.7. The number of hydrogen-bond donors (Lipinski definition) is 2. The molecule has 1 aromatic rings. The molecule has 18 heavy (non-hydrogen) atoms. The van der Waals surface area contributed by atoms with Gasteiger partial charge in [-0.2, -0.15) is 0 Å². The largest absolute Gasteiger partial charge is 0.330 e. The Morgan fingerprint density at radius 3 is 2.50 bits per heavy atom. The van der Waals surface area contributed by atoms with Crippen molar-refractivity contribution in [2.45, 2.75) is 52.0 Å². The van der Waals surface area contributed by atoms with Gasteiger partial charge in [0.05, 0.1) is 0 Å². The summed E-state index contributed by atoms with van der Waals surface area (Å²) in [5, 5.41) is 0. The minimum absolute atomic E-state index is 0.0671. The van der Waals surface area contributed by atoms with Crippen LogP contribution in [0.25, 0.3) is 0 Å². The average Bonchev–Trinajstić information content (AvgIpc) is 2.37. The van der Waals surface area contributed by atoms with Gasteiger partial charge in [0.2, 0.25) is 0 Å². The van der Waals surface area contributed by atoms with E-state index < -0.39 is 0 Å². The Hall–Kier alpha value is -0.860. The van der Waals surface area contributed by atoms with Crippen LogP contribution in [0.5, 0.6) is 0 Å². The summed E-state index contributed by atoms with van der Waals surface area (Å²) < 4.78 is 0. The van der Waals surface area contributed by atoms with Gasteiger partial charge in [-0.1, -0.05) is 32.0 Å². The van der Waals surface area contributed by atoms with Crippen molar-refractivity contribution in [3.05, 3.63) is 34.9 Å². The SMILES string of the molecule is CC(C)(CCN)C(N)c1ccc2c(c1)CCCC2. The Morgan fingerprint density at radius 1 is 1.17 bits per heavy atom. The van der Waals surface area contributed by atoms with E-state index in [4.69, 9.17) is 11.5 Å². The van der Waals surface area contributed by atoms with E-state index in [1.807, 2.05) is 0 Å². The normalized spacial score (nSPS) is 17.3. The van der Waals surface area contributed by atoms with Gasteiger partial charge in [0.25, 0.3) is 0 Å². The lowest BCUT2D eigenvalue weighted by Gasteiger charge is -2.32. The van der Waals surface area contributed by atoms with Gasteiger partial charge in [-0.25, -0.2) is 0 Å². The molecule has 1 aromatic carbocycles. The van der Waals surface area contributed by atoms with Gasteiger partial charge in [0, 0.05) is 6.04 Å². The minimum atomic E-state index is 0.0671. The Labute approximate surface area is 111 Å². The Balaban J connectivity index is 2.23. The van der Waals surface area contributed by atoms with Crippen LogP contribution in [0.2, 0.25) is 0 Å². The van der Waals surface area contributed by atoms with Gasteiger partial charge in [-0.15, -0.1) is 0 Å². The predicted molar refractivity (Wildman–Crippen MR) is 77.5 cm³/mol. The van der Waals surface area contributed by atoms with Gasteiger partial charge in [-0.3, -0.25) is 0 Å². The fourth-order valence-corrected chi connectivity index (χ4v) is 2.93. The van der Waals surface area contributed by atoms with Crippen molar-refractivity contribution in [1.29, 1.82) is 0 Å². The fraction of sp³-hybridized carbons (Fsp3) is 0.625. The number of nitrogens with two attached hydrogens (primary N) is 2. The molecular formula is C16H26N2. The molecule has 1 atom stereocenters. The highest BCUT2D eigenvalue weighted by molar-refractivity contribution is 5.35. The summed E-state index contributed by atoms with van der Waals surface area (Å²) in [4.78, 5) is 0. The molecule has 0 bridgehead atoms. The van der Waals surface area contributed by atoms with Crippen LogP contribution in [0.4, 0.5) is 0 Å². The van der Waals surface area contributed by atoms with Crippen LogP contribution in [-0.4, -0.2) is 6.54 Å². The third-order valence-corrected chi connectivity index (χ3v) is 4.36. The van der Waals surface area contributed by atoms with Crippen LogP contribution >= 0.6 is 0 Å². The lowest BCUT2D eigenvalue weighted by atomic mass is 9.77. The van der Waals surface area contributed by atoms with Gasteiger partial charge in [0.1, 0.15) is 0 Å². The minimum Gasteiger partial charge on any atom is -0.330 e. The molecule has 0 saturated carbocycles. The molecule has 2 heteroatoms. The molecule has 1 aliphatic rings. The second kappa shape index (κ2) is 5.41. The number of rotatable bonds is 4. The smallest absolute Gasteiger partial charge is 0.0347 e. The maximum Gasteiger partial charge on any atom is 0.0347 e. The maximum absolute atomic E-state index is 6.44. The average molecular weight is 246 g/mol. The second-order valence-electron chi connectivity index (χ2n) is 6.24. The van der Waals surface area contributed by atoms with E-state index >= 15 is 0 Å². The van der Waals surface area contributed by atoms with Crippen molar-refractivity contribution in [3.8, 4) is 0 Å². The van der Waals surface area contributed by atoms with Gasteiger partial charge in [-0.05, 0) is 60.8 Å². The summed E-state index contributed by atoms with van der Waals surface area (Å²) in [5.74, 6) is 0. The van der Waals surface area contributed by atoms with E-state index in [2.05, 4.69) is 32.0 Å². The first-order valence-electron chi connectivity index (χ1n) is 7.12. The van der Waals surface area contributed by atoms with Crippen LogP contribution in [-0.2, 0) is 12.8 Å². The maximum atomic E-state index is 6.44. The molecule has 0 fully saturated rings. The Kier molecular flexibility index (Phi) is 4.08. The summed E-state index contributed by atoms with van der Waals surface area (Å²) in [6.45, 7) is 5.12. The van der Waals surface area contributed by atoms with Crippen LogP contribution in [0, 0.1) is 5.41 Å². The van der Waals surface area contributed by atoms with E-state index in [9.17, 15) is 0 Å². The molecule has 1 unspecified atom stereocenters. The first kappa shape index (κ1) is 13.6. The zero-order valence-electron chi connectivity index (χ0n) is 11.7. The second-order valence-corrected chi connectivity index (χ2v) is 6.24. The monoisotopic (exact) mass is 246 g/mol. The molecule has 0 spiro atoms. The van der Waals surface area contributed by atoms with Crippen molar-refractivity contribution in [3.63, 3.8) is 0 Å². The van der Waals surface area contributed by atoms with E-state index in [1.54, 1.807) is 0 Å². The van der Waals surface area contributed by atoms with E-state index in [0.717, 1.165) is 6.42 Å². The predicted octanol–water partition coefficient (Wildman–Crippen LogP) is 2.94. The molecule has 0 saturated heterocycles. The van der Waals surface area contributed by atoms with E-state index in [-0.39, 0.29) is 11.5 Å². The van der Waals surface area contributed by atoms with Crippen LogP contribution < -0.4 is 11.5 Å². The molecule has 2 nitrogen and oxygen atoms in total. The molecule has 0 aromatic heterocycles. The highest BCUT2D eigenvalue weighted by Gasteiger charge is 2.27. The highest BCUT2D eigenvalue weighted by Crippen LogP contribution is 2.35. The van der Waals surface area contributed by atoms with Crippen molar-refractivity contribution >= 4 is 0 Å². The molecule has 2 rings (SSSR count). The molecule has 100 valence electrons. The van der Waals surface area contributed by atoms with Crippen molar-refractivity contribution in [1.82, 2.24) is 0 Å². The van der Waals surface area contributed by atoms with Crippen LogP contribution in [0.3, 0.4) is 0 Å². The van der Waals surface area contributed by atoms with Gasteiger partial charge < -0.3 is 11.5 Å². The topological polar surface area (TPSA) is 52.0 Å². The molecular weight excluding hydrogens is 220 g/mol. The lowest BCUT2D eigenvalue weighted by molar-refractivity contribution is 0.271. The molecule has 4 N–H and O–H groups in total. The van der Waals surface area contributed by atoms with Gasteiger partial charge in [0.15, 0.2) is 0 Å². The number of hydrogen-bond acceptors (Lipinski definition) is 2. The molecule has 0 heterocycles. The third-order valence-electron chi connectivity index (χ3n) is 4.36. The van der Waals surface area contributed by atoms with E-state index in [1.165, 1.54) is 42.4 Å². The van der Waals surface area contributed by atoms with Crippen LogP contribution in [0.1, 0.15) is 55.8 Å². The molecule has 0 aliphatic heterocycles. The van der Waals surface area contributed by atoms with Gasteiger partial charge >= 0.3 is 0 Å². The van der Waals surface area contributed by atoms with Crippen LogP contribution in [0.15, 0.2) is 18.2 Å². The molecule has 0 radical (unpaired) electrons. The standard InChI is InChI=1S/C16H26N2/c1-16(2,9-10-17)15(18)14-8-7-12-5-3-4-6-13(12)11-14/h7-8,11,15H,3-6,9-10,17-18H2,1-2H3. The zero-order chi connectivity index (χ0) is 13.2. The quantitative estimate of drug-likeness (QED) is 0.858.